The van der Waals surface area contributed by atoms with Crippen LogP contribution >= 0.6 is 0 Å². The number of hydrogen-bond donors (Lipinski definition) is 1. The molecule has 184 valence electrons. The van der Waals surface area contributed by atoms with Crippen molar-refractivity contribution in [3.05, 3.63) is 83.2 Å². The van der Waals surface area contributed by atoms with Crippen molar-refractivity contribution >= 4 is 11.7 Å². The number of piperidine rings is 1. The number of ether oxygens (including phenoxy) is 1. The average molecular weight is 486 g/mol. The van der Waals surface area contributed by atoms with Crippen LogP contribution in [0.25, 0.3) is 0 Å². The monoisotopic (exact) mass is 486 g/mol. The summed E-state index contributed by atoms with van der Waals surface area (Å²) in [4.78, 5) is 18.7. The summed E-state index contributed by atoms with van der Waals surface area (Å²) in [5, 5.41) is 14.3. The molecule has 1 amide bonds. The molecule has 1 N–H and O–H groups in total. The Bertz CT molecular complexity index is 1190. The van der Waals surface area contributed by atoms with Gasteiger partial charge in [0.05, 0.1) is 18.2 Å². The van der Waals surface area contributed by atoms with Gasteiger partial charge in [-0.3, -0.25) is 9.69 Å². The minimum Gasteiger partial charge on any atom is -0.619 e. The summed E-state index contributed by atoms with van der Waals surface area (Å²) < 4.78 is 48.7. The van der Waals surface area contributed by atoms with E-state index >= 15 is 0 Å². The van der Waals surface area contributed by atoms with E-state index < -0.39 is 24.3 Å². The number of benzene rings is 1. The first kappa shape index (κ1) is 24.5. The van der Waals surface area contributed by atoms with Crippen LogP contribution in [0.1, 0.15) is 30.5 Å². The first-order valence-electron chi connectivity index (χ1n) is 11.1. The number of carbonyl (C=O) groups is 1. The zero-order valence-electron chi connectivity index (χ0n) is 19.2. The molecule has 0 spiro atoms. The maximum atomic E-state index is 14.7. The van der Waals surface area contributed by atoms with Crippen LogP contribution in [0.15, 0.2) is 60.9 Å². The lowest BCUT2D eigenvalue weighted by molar-refractivity contribution is -0.612. The maximum absolute atomic E-state index is 14.7. The van der Waals surface area contributed by atoms with Crippen LogP contribution in [0.4, 0.5) is 19.0 Å². The van der Waals surface area contributed by atoms with Crippen molar-refractivity contribution < 1.29 is 27.4 Å². The van der Waals surface area contributed by atoms with E-state index in [0.717, 1.165) is 0 Å². The Hall–Kier alpha value is -3.66. The highest BCUT2D eigenvalue weighted by Crippen LogP contribution is 2.40. The predicted molar refractivity (Wildman–Crippen MR) is 123 cm³/mol. The number of likely N-dealkylation sites (tertiary alicyclic amines) is 1. The molecule has 4 rings (SSSR count). The van der Waals surface area contributed by atoms with Gasteiger partial charge >= 0.3 is 0 Å². The van der Waals surface area contributed by atoms with E-state index in [9.17, 15) is 23.2 Å². The summed E-state index contributed by atoms with van der Waals surface area (Å²) in [6, 6.07) is 10.9. The Morgan fingerprint density at radius 3 is 2.60 bits per heavy atom. The zero-order chi connectivity index (χ0) is 25.2. The van der Waals surface area contributed by atoms with Gasteiger partial charge in [-0.2, -0.15) is 4.73 Å². The summed E-state index contributed by atoms with van der Waals surface area (Å²) >= 11 is 0. The first-order valence-corrected chi connectivity index (χ1v) is 11.1. The van der Waals surface area contributed by atoms with Crippen LogP contribution in [0.3, 0.4) is 0 Å². The number of nitrogens with one attached hydrogen (secondary N) is 1. The molecule has 1 fully saturated rings. The molecular weight excluding hydrogens is 461 g/mol. The van der Waals surface area contributed by atoms with Gasteiger partial charge in [0.15, 0.2) is 11.9 Å². The van der Waals surface area contributed by atoms with Crippen LogP contribution in [0, 0.1) is 17.9 Å². The van der Waals surface area contributed by atoms with E-state index in [1.807, 2.05) is 0 Å². The zero-order valence-corrected chi connectivity index (χ0v) is 19.2. The van der Waals surface area contributed by atoms with Gasteiger partial charge in [-0.25, -0.2) is 18.2 Å². The quantitative estimate of drug-likeness (QED) is 0.413. The molecular formula is C25H25F3N4O3. The van der Waals surface area contributed by atoms with Gasteiger partial charge in [0, 0.05) is 38.6 Å². The molecule has 7 nitrogen and oxygen atoms in total. The molecule has 1 aromatic carbocycles. The van der Waals surface area contributed by atoms with Crippen LogP contribution in [-0.2, 0) is 4.79 Å². The second-order valence-corrected chi connectivity index (χ2v) is 8.59. The summed E-state index contributed by atoms with van der Waals surface area (Å²) in [6.07, 6.45) is 2.25. The molecule has 3 heterocycles. The van der Waals surface area contributed by atoms with Crippen LogP contribution in [0.5, 0.6) is 11.5 Å². The summed E-state index contributed by atoms with van der Waals surface area (Å²) in [5.41, 5.74) is 0.703. The smallest absolute Gasteiger partial charge is 0.257 e. The van der Waals surface area contributed by atoms with Gasteiger partial charge < -0.3 is 15.3 Å². The highest BCUT2D eigenvalue weighted by molar-refractivity contribution is 5.93. The number of hydrogen-bond acceptors (Lipinski definition) is 5. The minimum atomic E-state index is -2.95. The van der Waals surface area contributed by atoms with Crippen molar-refractivity contribution in [2.24, 2.45) is 0 Å². The number of anilines is 1. The third-order valence-electron chi connectivity index (χ3n) is 6.15. The molecule has 10 heteroatoms. The Morgan fingerprint density at radius 2 is 1.94 bits per heavy atom. The van der Waals surface area contributed by atoms with E-state index in [2.05, 4.69) is 10.3 Å². The predicted octanol–water partition coefficient (Wildman–Crippen LogP) is 4.41. The number of halogens is 3. The van der Waals surface area contributed by atoms with Crippen molar-refractivity contribution in [3.63, 3.8) is 0 Å². The third-order valence-corrected chi connectivity index (χ3v) is 6.15. The lowest BCUT2D eigenvalue weighted by Gasteiger charge is -2.40. The van der Waals surface area contributed by atoms with Gasteiger partial charge in [-0.1, -0.05) is 0 Å². The Balaban J connectivity index is 1.39. The number of nitrogens with zero attached hydrogens (tertiary/aromatic N) is 3. The van der Waals surface area contributed by atoms with Gasteiger partial charge in [0.1, 0.15) is 23.1 Å². The molecule has 1 aliphatic heterocycles. The minimum absolute atomic E-state index is 0.0260. The fourth-order valence-electron chi connectivity index (χ4n) is 4.02. The molecule has 1 saturated heterocycles. The lowest BCUT2D eigenvalue weighted by atomic mass is 9.86. The second-order valence-electron chi connectivity index (χ2n) is 8.59. The maximum Gasteiger partial charge on any atom is 0.257 e. The summed E-state index contributed by atoms with van der Waals surface area (Å²) in [7, 11) is 0. The number of pyridine rings is 2. The SMILES string of the molecule is Cc1cc([C@H]2CN([C@@H](C)C(=O)Nc3ccc(Oc4ccc(F)cc4)cn3)CCC2(F)F)cc[n+]1[O-]. The van der Waals surface area contributed by atoms with Crippen molar-refractivity contribution in [2.45, 2.75) is 38.2 Å². The summed E-state index contributed by atoms with van der Waals surface area (Å²) in [5.74, 6) is -3.71. The number of rotatable bonds is 6. The topological polar surface area (TPSA) is 81.4 Å². The highest BCUT2D eigenvalue weighted by Gasteiger charge is 2.46. The number of aromatic nitrogens is 2. The molecule has 1 aliphatic rings. The van der Waals surface area contributed by atoms with E-state index in [1.165, 1.54) is 48.8 Å². The molecule has 0 saturated carbocycles. The normalized spacial score (nSPS) is 18.6. The summed E-state index contributed by atoms with van der Waals surface area (Å²) in [6.45, 7) is 3.25. The van der Waals surface area contributed by atoms with E-state index in [-0.39, 0.29) is 30.6 Å². The number of carbonyl (C=O) groups excluding carboxylic acids is 1. The van der Waals surface area contributed by atoms with Gasteiger partial charge in [0.2, 0.25) is 5.91 Å². The van der Waals surface area contributed by atoms with Gasteiger partial charge in [-0.15, -0.1) is 0 Å². The third kappa shape index (κ3) is 5.71. The number of alkyl halides is 2. The molecule has 3 aromatic rings. The van der Waals surface area contributed by atoms with Crippen LogP contribution in [-0.4, -0.2) is 40.8 Å². The van der Waals surface area contributed by atoms with Crippen LogP contribution in [0.2, 0.25) is 0 Å². The lowest BCUT2D eigenvalue weighted by Crippen LogP contribution is -2.52. The molecule has 0 aliphatic carbocycles. The number of aryl methyl sites for hydroxylation is 1. The van der Waals surface area contributed by atoms with Crippen molar-refractivity contribution in [3.8, 4) is 11.5 Å². The van der Waals surface area contributed by atoms with Gasteiger partial charge in [0.25, 0.3) is 5.92 Å². The Morgan fingerprint density at radius 1 is 1.23 bits per heavy atom. The molecule has 2 atom stereocenters. The second kappa shape index (κ2) is 9.91. The van der Waals surface area contributed by atoms with E-state index in [4.69, 9.17) is 4.74 Å². The highest BCUT2D eigenvalue weighted by atomic mass is 19.3. The Labute approximate surface area is 200 Å². The van der Waals surface area contributed by atoms with Crippen molar-refractivity contribution in [2.75, 3.05) is 18.4 Å². The van der Waals surface area contributed by atoms with Gasteiger partial charge in [-0.05, 0) is 48.9 Å². The fraction of sp³-hybridized carbons (Fsp3) is 0.320. The Kier molecular flexibility index (Phi) is 6.93. The van der Waals surface area contributed by atoms with Crippen molar-refractivity contribution in [1.82, 2.24) is 9.88 Å². The largest absolute Gasteiger partial charge is 0.619 e. The molecule has 0 unspecified atom stereocenters. The standard InChI is InChI=1S/C25H25F3N4O3/c1-16-13-18(9-11-32(16)34)22-15-31(12-10-25(22,27)28)17(2)24(33)30-23-8-7-21(14-29-23)35-20-5-3-19(26)4-6-20/h3-9,11,13-14,17,22H,10,12,15H2,1-2H3,(H,29,30,33)/t17-,22+/m0/s1. The first-order chi connectivity index (χ1) is 16.6. The fourth-order valence-corrected chi connectivity index (χ4v) is 4.02. The average Bonchev–Trinajstić information content (AvgIpc) is 2.83. The number of amides is 1. The molecule has 2 aromatic heterocycles. The molecule has 0 radical (unpaired) electrons. The molecule has 35 heavy (non-hydrogen) atoms. The van der Waals surface area contributed by atoms with E-state index in [1.54, 1.807) is 30.9 Å². The van der Waals surface area contributed by atoms with Crippen LogP contribution < -0.4 is 14.8 Å². The molecule has 0 bridgehead atoms. The van der Waals surface area contributed by atoms with E-state index in [0.29, 0.717) is 27.5 Å². The van der Waals surface area contributed by atoms with Crippen molar-refractivity contribution in [1.29, 1.82) is 0 Å².